The number of aromatic nitrogens is 2. The van der Waals surface area contributed by atoms with E-state index >= 15 is 0 Å². The maximum absolute atomic E-state index is 13.9. The van der Waals surface area contributed by atoms with Gasteiger partial charge in [0.25, 0.3) is 5.56 Å². The van der Waals surface area contributed by atoms with Crippen molar-refractivity contribution < 1.29 is 4.79 Å². The summed E-state index contributed by atoms with van der Waals surface area (Å²) >= 11 is 0. The van der Waals surface area contributed by atoms with E-state index in [9.17, 15) is 9.59 Å². The molecule has 1 fully saturated rings. The minimum atomic E-state index is -0.341. The van der Waals surface area contributed by atoms with Crippen LogP contribution in [0.4, 0.5) is 0 Å². The second kappa shape index (κ2) is 11.2. The van der Waals surface area contributed by atoms with E-state index in [-0.39, 0.29) is 23.4 Å². The fraction of sp³-hybridized carbons (Fsp3) is 0.483. The lowest BCUT2D eigenvalue weighted by Crippen LogP contribution is -2.44. The van der Waals surface area contributed by atoms with Gasteiger partial charge in [0.05, 0.1) is 22.6 Å². The Kier molecular flexibility index (Phi) is 8.01. The van der Waals surface area contributed by atoms with Crippen LogP contribution in [0.5, 0.6) is 0 Å². The molecule has 1 aromatic heterocycles. The molecule has 6 nitrogen and oxygen atoms in total. The van der Waals surface area contributed by atoms with Gasteiger partial charge in [-0.2, -0.15) is 0 Å². The lowest BCUT2D eigenvalue weighted by molar-refractivity contribution is -0.139. The number of nitrogens with zero attached hydrogens (tertiary/aromatic N) is 4. The molecule has 1 heterocycles. The summed E-state index contributed by atoms with van der Waals surface area (Å²) in [5.41, 5.74) is 2.51. The Bertz CT molecular complexity index is 1230. The highest BCUT2D eigenvalue weighted by molar-refractivity contribution is 5.80. The van der Waals surface area contributed by atoms with Crippen LogP contribution in [0.15, 0.2) is 53.3 Å². The Morgan fingerprint density at radius 1 is 1.03 bits per heavy atom. The fourth-order valence-corrected chi connectivity index (χ4v) is 5.22. The van der Waals surface area contributed by atoms with Gasteiger partial charge in [-0.05, 0) is 64.0 Å². The van der Waals surface area contributed by atoms with Crippen LogP contribution in [0.3, 0.4) is 0 Å². The summed E-state index contributed by atoms with van der Waals surface area (Å²) in [6.45, 7) is 5.48. The largest absolute Gasteiger partial charge is 0.331 e. The summed E-state index contributed by atoms with van der Waals surface area (Å²) in [4.78, 5) is 36.8. The average molecular weight is 475 g/mol. The monoisotopic (exact) mass is 474 g/mol. The number of hydrogen-bond donors (Lipinski definition) is 0. The number of para-hydroxylation sites is 2. The molecule has 3 aromatic rings. The minimum absolute atomic E-state index is 0.0527. The average Bonchev–Trinajstić information content (AvgIpc) is 2.89. The van der Waals surface area contributed by atoms with E-state index < -0.39 is 0 Å². The molecule has 0 saturated heterocycles. The molecule has 0 spiro atoms. The number of carbonyl (C=O) groups is 1. The molecule has 0 bridgehead atoms. The minimum Gasteiger partial charge on any atom is -0.331 e. The van der Waals surface area contributed by atoms with E-state index in [0.717, 1.165) is 49.9 Å². The van der Waals surface area contributed by atoms with Gasteiger partial charge in [-0.15, -0.1) is 0 Å². The smallest absolute Gasteiger partial charge is 0.266 e. The normalized spacial score (nSPS) is 15.5. The van der Waals surface area contributed by atoms with Crippen molar-refractivity contribution in [3.05, 3.63) is 70.3 Å². The highest BCUT2D eigenvalue weighted by Crippen LogP contribution is 2.30. The lowest BCUT2D eigenvalue weighted by Gasteiger charge is -2.35. The zero-order valence-corrected chi connectivity index (χ0v) is 21.5. The van der Waals surface area contributed by atoms with Gasteiger partial charge in [0.2, 0.25) is 5.91 Å². The number of benzene rings is 2. The molecule has 1 atom stereocenters. The van der Waals surface area contributed by atoms with Gasteiger partial charge in [0.15, 0.2) is 0 Å². The Hall–Kier alpha value is -2.99. The molecule has 1 saturated carbocycles. The van der Waals surface area contributed by atoms with Crippen molar-refractivity contribution in [2.45, 2.75) is 58.4 Å². The van der Waals surface area contributed by atoms with Crippen molar-refractivity contribution in [2.24, 2.45) is 5.92 Å². The Labute approximate surface area is 208 Å². The van der Waals surface area contributed by atoms with E-state index in [4.69, 9.17) is 4.98 Å². The predicted molar refractivity (Wildman–Crippen MR) is 142 cm³/mol. The highest BCUT2D eigenvalue weighted by Gasteiger charge is 2.32. The summed E-state index contributed by atoms with van der Waals surface area (Å²) in [5.74, 6) is 0.867. The topological polar surface area (TPSA) is 58.4 Å². The summed E-state index contributed by atoms with van der Waals surface area (Å²) in [5, 5.41) is 0.591. The maximum Gasteiger partial charge on any atom is 0.266 e. The quantitative estimate of drug-likeness (QED) is 0.462. The molecule has 1 unspecified atom stereocenters. The van der Waals surface area contributed by atoms with Gasteiger partial charge in [-0.25, -0.2) is 4.98 Å². The van der Waals surface area contributed by atoms with Crippen LogP contribution in [0.25, 0.3) is 16.6 Å². The van der Waals surface area contributed by atoms with Crippen LogP contribution in [-0.2, 0) is 11.2 Å². The van der Waals surface area contributed by atoms with Crippen molar-refractivity contribution in [1.82, 2.24) is 19.4 Å². The first kappa shape index (κ1) is 25.1. The number of aryl methyl sites for hydroxylation is 1. The van der Waals surface area contributed by atoms with E-state index in [2.05, 4.69) is 17.9 Å². The predicted octanol–water partition coefficient (Wildman–Crippen LogP) is 4.98. The van der Waals surface area contributed by atoms with Crippen LogP contribution in [-0.4, -0.2) is 52.4 Å². The zero-order chi connectivity index (χ0) is 24.9. The van der Waals surface area contributed by atoms with Crippen molar-refractivity contribution in [2.75, 3.05) is 27.2 Å². The first-order valence-corrected chi connectivity index (χ1v) is 13.0. The number of hydrogen-bond acceptors (Lipinski definition) is 4. The van der Waals surface area contributed by atoms with Crippen molar-refractivity contribution in [1.29, 1.82) is 0 Å². The number of fused-ring (bicyclic) bond motifs is 1. The lowest BCUT2D eigenvalue weighted by atomic mass is 9.88. The van der Waals surface area contributed by atoms with Crippen LogP contribution in [0.1, 0.15) is 63.4 Å². The standard InChI is InChI=1S/C29H38N4O2/c1-5-22-13-9-12-18-26(22)33-27(30-25-17-11-10-16-24(25)29(33)35)21(2)32(20-19-31(3)4)28(34)23-14-7-6-8-15-23/h9-13,16-18,21,23H,5-8,14-15,19-20H2,1-4H3. The SMILES string of the molecule is CCc1ccccc1-n1c(C(C)N(CCN(C)C)C(=O)C2CCCCC2)nc2ccccc2c1=O. The molecule has 1 amide bonds. The molecule has 1 aliphatic carbocycles. The number of rotatable bonds is 8. The molecule has 4 rings (SSSR count). The van der Waals surface area contributed by atoms with E-state index in [1.807, 2.05) is 68.4 Å². The first-order valence-electron chi connectivity index (χ1n) is 13.0. The Morgan fingerprint density at radius 3 is 2.43 bits per heavy atom. The van der Waals surface area contributed by atoms with Crippen molar-refractivity contribution in [3.63, 3.8) is 0 Å². The van der Waals surface area contributed by atoms with Gasteiger partial charge in [-0.3, -0.25) is 14.2 Å². The second-order valence-corrected chi connectivity index (χ2v) is 9.96. The Morgan fingerprint density at radius 2 is 1.71 bits per heavy atom. The third kappa shape index (κ3) is 5.32. The summed E-state index contributed by atoms with van der Waals surface area (Å²) in [6, 6.07) is 15.2. The van der Waals surface area contributed by atoms with Crippen molar-refractivity contribution >= 4 is 16.8 Å². The molecule has 1 aliphatic rings. The van der Waals surface area contributed by atoms with Gasteiger partial charge in [-0.1, -0.05) is 56.5 Å². The molecule has 0 aliphatic heterocycles. The van der Waals surface area contributed by atoms with E-state index in [0.29, 0.717) is 23.3 Å². The summed E-state index contributed by atoms with van der Waals surface area (Å²) in [6.07, 6.45) is 6.11. The molecule has 6 heteroatoms. The van der Waals surface area contributed by atoms with E-state index in [1.54, 1.807) is 4.57 Å². The molecular formula is C29H38N4O2. The number of carbonyl (C=O) groups excluding carboxylic acids is 1. The highest BCUT2D eigenvalue weighted by atomic mass is 16.2. The summed E-state index contributed by atoms with van der Waals surface area (Å²) < 4.78 is 1.75. The third-order valence-electron chi connectivity index (χ3n) is 7.28. The second-order valence-electron chi connectivity index (χ2n) is 9.96. The molecule has 35 heavy (non-hydrogen) atoms. The Balaban J connectivity index is 1.88. The molecule has 0 N–H and O–H groups in total. The van der Waals surface area contributed by atoms with Gasteiger partial charge in [0, 0.05) is 19.0 Å². The van der Waals surface area contributed by atoms with Crippen LogP contribution in [0, 0.1) is 5.92 Å². The third-order valence-corrected chi connectivity index (χ3v) is 7.28. The van der Waals surface area contributed by atoms with Crippen molar-refractivity contribution in [3.8, 4) is 5.69 Å². The van der Waals surface area contributed by atoms with Gasteiger partial charge in [0.1, 0.15) is 5.82 Å². The van der Waals surface area contributed by atoms with Crippen LogP contribution < -0.4 is 5.56 Å². The van der Waals surface area contributed by atoms with Gasteiger partial charge >= 0.3 is 0 Å². The zero-order valence-electron chi connectivity index (χ0n) is 21.5. The van der Waals surface area contributed by atoms with E-state index in [1.165, 1.54) is 6.42 Å². The molecule has 186 valence electrons. The van der Waals surface area contributed by atoms with Crippen LogP contribution in [0.2, 0.25) is 0 Å². The first-order chi connectivity index (χ1) is 16.9. The van der Waals surface area contributed by atoms with Gasteiger partial charge < -0.3 is 9.80 Å². The fourth-order valence-electron chi connectivity index (χ4n) is 5.22. The number of amides is 1. The number of likely N-dealkylation sites (N-methyl/N-ethyl adjacent to an activating group) is 1. The van der Waals surface area contributed by atoms with Crippen LogP contribution >= 0.6 is 0 Å². The molecule has 0 radical (unpaired) electrons. The maximum atomic E-state index is 13.9. The molecular weight excluding hydrogens is 436 g/mol. The molecule has 2 aromatic carbocycles. The summed E-state index contributed by atoms with van der Waals surface area (Å²) in [7, 11) is 4.05.